The Labute approximate surface area is 227 Å². The maximum Gasteiger partial charge on any atom is 0.247 e. The van der Waals surface area contributed by atoms with E-state index in [0.717, 1.165) is 5.75 Å². The van der Waals surface area contributed by atoms with Crippen LogP contribution in [0.15, 0.2) is 0 Å². The Morgan fingerprint density at radius 1 is 1.08 bits per heavy atom. The number of hydrogen-bond acceptors (Lipinski definition) is 10. The van der Waals surface area contributed by atoms with E-state index in [0.29, 0.717) is 38.1 Å². The van der Waals surface area contributed by atoms with Gasteiger partial charge >= 0.3 is 0 Å². The largest absolute Gasteiger partial charge is 0.368 e. The maximum atomic E-state index is 12.8. The molecule has 0 radical (unpaired) electrons. The highest BCUT2D eigenvalue weighted by Gasteiger charge is 2.27. The minimum atomic E-state index is -0.951. The standard InChI is InChI=1S/C20H38N7O5PS3/c1-11(34)8-13(16(22)29)25-15(28)9-24-17(30)12(4-2-3-5-21)26-19(32)20(33)27-18(31)14-10-36-35-7-6-23-14/h11-14,20,23,34H,2-10,21,33H2,1H3,(H2,22,29)(H,24,30)(H,25,28)(H,26,32)(H,27,31)/t11?,12-,13-,14?,20-/m0/s1. The van der Waals surface area contributed by atoms with Gasteiger partial charge in [-0.1, -0.05) is 28.5 Å². The molecule has 1 saturated heterocycles. The van der Waals surface area contributed by atoms with Gasteiger partial charge in [-0.3, -0.25) is 24.0 Å². The van der Waals surface area contributed by atoms with Crippen LogP contribution in [0.4, 0.5) is 0 Å². The van der Waals surface area contributed by atoms with Crippen LogP contribution < -0.4 is 38.1 Å². The van der Waals surface area contributed by atoms with Gasteiger partial charge in [0.25, 0.3) is 0 Å². The lowest BCUT2D eigenvalue weighted by Gasteiger charge is -2.23. The Kier molecular flexibility index (Phi) is 16.5. The third-order valence-corrected chi connectivity index (χ3v) is 8.14. The number of carbonyl (C=O) groups excluding carboxylic acids is 5. The molecule has 5 amide bonds. The summed E-state index contributed by atoms with van der Waals surface area (Å²) in [4.78, 5) is 61.8. The molecule has 16 heteroatoms. The molecule has 1 rings (SSSR count). The molecule has 0 bridgehead atoms. The average Bonchev–Trinajstić information content (AvgIpc) is 3.10. The fraction of sp³-hybridized carbons (Fsp3) is 0.750. The lowest BCUT2D eigenvalue weighted by atomic mass is 10.1. The van der Waals surface area contributed by atoms with Gasteiger partial charge in [0.15, 0.2) is 0 Å². The molecule has 1 aliphatic rings. The molecule has 36 heavy (non-hydrogen) atoms. The second kappa shape index (κ2) is 18.1. The van der Waals surface area contributed by atoms with Crippen molar-refractivity contribution >= 4 is 73.0 Å². The van der Waals surface area contributed by atoms with Crippen LogP contribution >= 0.6 is 43.5 Å². The topological polar surface area (TPSA) is 198 Å². The molecule has 3 unspecified atom stereocenters. The minimum absolute atomic E-state index is 0.170. The number of nitrogens with two attached hydrogens (primary N) is 2. The number of carbonyl (C=O) groups is 5. The average molecular weight is 584 g/mol. The monoisotopic (exact) mass is 583 g/mol. The van der Waals surface area contributed by atoms with Crippen LogP contribution in [0.25, 0.3) is 0 Å². The predicted molar refractivity (Wildman–Crippen MR) is 150 cm³/mol. The minimum Gasteiger partial charge on any atom is -0.368 e. The van der Waals surface area contributed by atoms with E-state index in [2.05, 4.69) is 48.5 Å². The molecule has 9 N–H and O–H groups in total. The smallest absolute Gasteiger partial charge is 0.247 e. The summed E-state index contributed by atoms with van der Waals surface area (Å²) in [5.74, 6) is -2.23. The van der Waals surface area contributed by atoms with Crippen LogP contribution in [0.2, 0.25) is 0 Å². The highest BCUT2D eigenvalue weighted by Crippen LogP contribution is 2.23. The van der Waals surface area contributed by atoms with Gasteiger partial charge in [0.05, 0.1) is 12.6 Å². The molecule has 0 saturated carbocycles. The zero-order chi connectivity index (χ0) is 27.1. The number of rotatable bonds is 15. The van der Waals surface area contributed by atoms with Gasteiger partial charge in [-0.05, 0) is 32.2 Å². The Balaban J connectivity index is 2.66. The van der Waals surface area contributed by atoms with Crippen LogP contribution in [0.3, 0.4) is 0 Å². The lowest BCUT2D eigenvalue weighted by Crippen LogP contribution is -2.55. The second-order valence-electron chi connectivity index (χ2n) is 8.27. The first kappa shape index (κ1) is 32.8. The van der Waals surface area contributed by atoms with Crippen molar-refractivity contribution in [3.8, 4) is 0 Å². The van der Waals surface area contributed by atoms with Gasteiger partial charge in [0, 0.05) is 23.3 Å². The molecule has 0 spiro atoms. The maximum absolute atomic E-state index is 12.8. The summed E-state index contributed by atoms with van der Waals surface area (Å²) in [6, 6.07) is -2.27. The van der Waals surface area contributed by atoms with Crippen molar-refractivity contribution in [3.63, 3.8) is 0 Å². The van der Waals surface area contributed by atoms with Crippen molar-refractivity contribution in [2.45, 2.75) is 61.8 Å². The van der Waals surface area contributed by atoms with E-state index in [4.69, 9.17) is 11.5 Å². The molecular weight excluding hydrogens is 545 g/mol. The molecule has 206 valence electrons. The van der Waals surface area contributed by atoms with Crippen LogP contribution in [-0.4, -0.2) is 89.8 Å². The molecule has 0 aromatic rings. The summed E-state index contributed by atoms with van der Waals surface area (Å²) in [5, 5.41) is 13.2. The molecule has 0 aromatic heterocycles. The van der Waals surface area contributed by atoms with Crippen LogP contribution in [0, 0.1) is 0 Å². The van der Waals surface area contributed by atoms with Crippen molar-refractivity contribution in [1.29, 1.82) is 0 Å². The fourth-order valence-electron chi connectivity index (χ4n) is 3.14. The lowest BCUT2D eigenvalue weighted by molar-refractivity contribution is -0.132. The van der Waals surface area contributed by atoms with Crippen molar-refractivity contribution in [2.24, 2.45) is 11.5 Å². The Hall–Kier alpha value is -1.25. The van der Waals surface area contributed by atoms with Crippen molar-refractivity contribution in [3.05, 3.63) is 0 Å². The van der Waals surface area contributed by atoms with Crippen LogP contribution in [0.5, 0.6) is 0 Å². The van der Waals surface area contributed by atoms with Gasteiger partial charge in [-0.2, -0.15) is 12.6 Å². The van der Waals surface area contributed by atoms with Crippen molar-refractivity contribution in [1.82, 2.24) is 26.6 Å². The number of amides is 5. The Bertz CT molecular complexity index is 757. The van der Waals surface area contributed by atoms with Gasteiger partial charge in [0.2, 0.25) is 29.5 Å². The normalized spacial score (nSPS) is 19.1. The van der Waals surface area contributed by atoms with E-state index in [1.54, 1.807) is 28.5 Å². The quantitative estimate of drug-likeness (QED) is 0.0468. The summed E-state index contributed by atoms with van der Waals surface area (Å²) in [5.41, 5.74) is 10.8. The third-order valence-electron chi connectivity index (χ3n) is 5.05. The number of primary amides is 1. The van der Waals surface area contributed by atoms with E-state index in [9.17, 15) is 24.0 Å². The zero-order valence-electron chi connectivity index (χ0n) is 20.3. The Morgan fingerprint density at radius 3 is 2.44 bits per heavy atom. The predicted octanol–water partition coefficient (Wildman–Crippen LogP) is -1.93. The van der Waals surface area contributed by atoms with E-state index >= 15 is 0 Å². The van der Waals surface area contributed by atoms with Gasteiger partial charge in [0.1, 0.15) is 17.9 Å². The van der Waals surface area contributed by atoms with Crippen LogP contribution in [-0.2, 0) is 24.0 Å². The first-order valence-corrected chi connectivity index (χ1v) is 15.3. The Morgan fingerprint density at radius 2 is 1.81 bits per heavy atom. The number of hydrogen-bond donors (Lipinski definition) is 8. The molecule has 12 nitrogen and oxygen atoms in total. The first-order valence-electron chi connectivity index (χ1n) is 11.6. The second-order valence-corrected chi connectivity index (χ2v) is 12.4. The van der Waals surface area contributed by atoms with E-state index in [-0.39, 0.29) is 17.6 Å². The fourth-order valence-corrected chi connectivity index (χ4v) is 5.74. The molecular formula is C20H38N7O5PS3. The van der Waals surface area contributed by atoms with Crippen LogP contribution in [0.1, 0.15) is 32.6 Å². The molecule has 1 fully saturated rings. The van der Waals surface area contributed by atoms with Gasteiger partial charge in [-0.25, -0.2) is 0 Å². The zero-order valence-corrected chi connectivity index (χ0v) is 24.0. The summed E-state index contributed by atoms with van der Waals surface area (Å²) >= 11 is 4.20. The first-order chi connectivity index (χ1) is 17.0. The number of nitrogens with one attached hydrogen (secondary N) is 5. The third kappa shape index (κ3) is 13.3. The summed E-state index contributed by atoms with van der Waals surface area (Å²) < 4.78 is 0. The summed E-state index contributed by atoms with van der Waals surface area (Å²) in [7, 11) is 5.53. The van der Waals surface area contributed by atoms with E-state index in [1.807, 2.05) is 0 Å². The molecule has 0 aromatic carbocycles. The summed E-state index contributed by atoms with van der Waals surface area (Å²) in [6.45, 7) is 2.47. The number of thiol groups is 1. The molecule has 0 aliphatic carbocycles. The summed E-state index contributed by atoms with van der Waals surface area (Å²) in [6.07, 6.45) is 1.75. The molecule has 1 heterocycles. The van der Waals surface area contributed by atoms with E-state index in [1.165, 1.54) is 0 Å². The van der Waals surface area contributed by atoms with E-state index < -0.39 is 54.1 Å². The number of unbranched alkanes of at least 4 members (excludes halogenated alkanes) is 1. The SMILES string of the molecule is CC(S)C[C@H](NC(=O)CNC(=O)[C@H](CCCCN)NC(=O)[C@H](P)NC(=O)C1CSSCCN1)C(N)=O. The highest BCUT2D eigenvalue weighted by molar-refractivity contribution is 8.76. The van der Waals surface area contributed by atoms with Gasteiger partial charge in [-0.15, -0.1) is 9.24 Å². The van der Waals surface area contributed by atoms with Gasteiger partial charge < -0.3 is 38.1 Å². The van der Waals surface area contributed by atoms with Crippen molar-refractivity contribution < 1.29 is 24.0 Å². The molecule has 1 aliphatic heterocycles. The molecule has 6 atom stereocenters. The van der Waals surface area contributed by atoms with Crippen molar-refractivity contribution in [2.75, 3.05) is 31.1 Å². The highest BCUT2D eigenvalue weighted by atomic mass is 33.1.